The predicted octanol–water partition coefficient (Wildman–Crippen LogP) is 1.75. The molecule has 0 bridgehead atoms. The summed E-state index contributed by atoms with van der Waals surface area (Å²) in [6, 6.07) is 0. The molecule has 0 saturated heterocycles. The van der Waals surface area contributed by atoms with E-state index in [9.17, 15) is 4.79 Å². The first-order valence-electron chi connectivity index (χ1n) is 3.50. The lowest BCUT2D eigenvalue weighted by molar-refractivity contribution is 0.0695. The van der Waals surface area contributed by atoms with E-state index in [0.29, 0.717) is 5.56 Å². The summed E-state index contributed by atoms with van der Waals surface area (Å²) in [4.78, 5) is 14.6. The summed E-state index contributed by atoms with van der Waals surface area (Å²) in [7, 11) is 1.38. The molecule has 0 fully saturated rings. The van der Waals surface area contributed by atoms with Crippen molar-refractivity contribution in [2.45, 2.75) is 6.92 Å². The van der Waals surface area contributed by atoms with Gasteiger partial charge < -0.3 is 9.84 Å². The molecule has 0 amide bonds. The number of ether oxygens (including phenoxy) is 1. The number of aromatic nitrogens is 1. The van der Waals surface area contributed by atoms with Crippen molar-refractivity contribution in [2.24, 2.45) is 0 Å². The van der Waals surface area contributed by atoms with Crippen LogP contribution in [0.2, 0.25) is 5.02 Å². The molecule has 0 aromatic carbocycles. The number of carbonyl (C=O) groups is 1. The highest BCUT2D eigenvalue weighted by atomic mass is 35.5. The zero-order chi connectivity index (χ0) is 10.0. The van der Waals surface area contributed by atoms with Gasteiger partial charge in [0.25, 0.3) is 0 Å². The molecule has 5 heteroatoms. The van der Waals surface area contributed by atoms with Gasteiger partial charge in [0, 0.05) is 6.20 Å². The first-order chi connectivity index (χ1) is 6.07. The SMILES string of the molecule is COc1ncc(C)c(C(=O)O)c1Cl. The highest BCUT2D eigenvalue weighted by molar-refractivity contribution is 6.34. The Kier molecular flexibility index (Phi) is 2.72. The Morgan fingerprint density at radius 2 is 2.31 bits per heavy atom. The van der Waals surface area contributed by atoms with E-state index in [0.717, 1.165) is 0 Å². The summed E-state index contributed by atoms with van der Waals surface area (Å²) in [6.45, 7) is 1.63. The third kappa shape index (κ3) is 1.72. The highest BCUT2D eigenvalue weighted by Crippen LogP contribution is 2.27. The maximum atomic E-state index is 10.7. The predicted molar refractivity (Wildman–Crippen MR) is 47.5 cm³/mol. The third-order valence-electron chi connectivity index (χ3n) is 1.58. The van der Waals surface area contributed by atoms with Gasteiger partial charge in [-0.3, -0.25) is 0 Å². The van der Waals surface area contributed by atoms with E-state index in [2.05, 4.69) is 4.98 Å². The van der Waals surface area contributed by atoms with Crippen LogP contribution in [0.3, 0.4) is 0 Å². The summed E-state index contributed by atoms with van der Waals surface area (Å²) >= 11 is 5.74. The molecule has 70 valence electrons. The number of pyridine rings is 1. The lowest BCUT2D eigenvalue weighted by Gasteiger charge is -2.06. The van der Waals surface area contributed by atoms with Crippen LogP contribution in [0.1, 0.15) is 15.9 Å². The summed E-state index contributed by atoms with van der Waals surface area (Å²) < 4.78 is 4.78. The van der Waals surface area contributed by atoms with Crippen molar-refractivity contribution in [1.29, 1.82) is 0 Å². The number of methoxy groups -OCH3 is 1. The lowest BCUT2D eigenvalue weighted by Crippen LogP contribution is -2.03. The van der Waals surface area contributed by atoms with Crippen molar-refractivity contribution in [3.8, 4) is 5.88 Å². The Morgan fingerprint density at radius 3 is 2.77 bits per heavy atom. The van der Waals surface area contributed by atoms with Gasteiger partial charge in [-0.2, -0.15) is 0 Å². The summed E-state index contributed by atoms with van der Waals surface area (Å²) in [5.41, 5.74) is 0.548. The molecule has 1 N–H and O–H groups in total. The second kappa shape index (κ2) is 3.62. The first kappa shape index (κ1) is 9.80. The van der Waals surface area contributed by atoms with Crippen molar-refractivity contribution in [3.63, 3.8) is 0 Å². The second-order valence-corrected chi connectivity index (χ2v) is 2.82. The number of rotatable bonds is 2. The van der Waals surface area contributed by atoms with Crippen LogP contribution in [0, 0.1) is 6.92 Å². The average molecular weight is 202 g/mol. The fourth-order valence-electron chi connectivity index (χ4n) is 0.962. The second-order valence-electron chi connectivity index (χ2n) is 2.44. The van der Waals surface area contributed by atoms with Gasteiger partial charge in [-0.1, -0.05) is 11.6 Å². The van der Waals surface area contributed by atoms with E-state index < -0.39 is 5.97 Å². The quantitative estimate of drug-likeness (QED) is 0.792. The Morgan fingerprint density at radius 1 is 1.69 bits per heavy atom. The summed E-state index contributed by atoms with van der Waals surface area (Å²) in [6.07, 6.45) is 1.41. The van der Waals surface area contributed by atoms with Crippen LogP contribution >= 0.6 is 11.6 Å². The minimum atomic E-state index is -1.08. The zero-order valence-electron chi connectivity index (χ0n) is 7.17. The number of carboxylic acids is 1. The number of hydrogen-bond donors (Lipinski definition) is 1. The van der Waals surface area contributed by atoms with Gasteiger partial charge in [-0.15, -0.1) is 0 Å². The molecule has 0 saturated carbocycles. The first-order valence-corrected chi connectivity index (χ1v) is 3.88. The number of halogens is 1. The summed E-state index contributed by atoms with van der Waals surface area (Å²) in [5, 5.41) is 8.84. The van der Waals surface area contributed by atoms with E-state index in [-0.39, 0.29) is 16.5 Å². The van der Waals surface area contributed by atoms with E-state index in [1.54, 1.807) is 6.92 Å². The topological polar surface area (TPSA) is 59.4 Å². The van der Waals surface area contributed by atoms with Gasteiger partial charge >= 0.3 is 5.97 Å². The smallest absolute Gasteiger partial charge is 0.337 e. The van der Waals surface area contributed by atoms with Crippen molar-refractivity contribution in [2.75, 3.05) is 7.11 Å². The standard InChI is InChI=1S/C8H8ClNO3/c1-4-3-10-7(13-2)6(9)5(4)8(11)12/h3H,1-2H3,(H,11,12). The molecule has 0 radical (unpaired) electrons. The van der Waals surface area contributed by atoms with Gasteiger partial charge in [0.05, 0.1) is 12.7 Å². The largest absolute Gasteiger partial charge is 0.480 e. The van der Waals surface area contributed by atoms with Crippen molar-refractivity contribution < 1.29 is 14.6 Å². The van der Waals surface area contributed by atoms with Crippen LogP contribution in [0.15, 0.2) is 6.20 Å². The van der Waals surface area contributed by atoms with Gasteiger partial charge in [0.15, 0.2) is 0 Å². The maximum absolute atomic E-state index is 10.7. The van der Waals surface area contributed by atoms with Gasteiger partial charge in [-0.05, 0) is 12.5 Å². The molecule has 1 aromatic rings. The van der Waals surface area contributed by atoms with Crippen LogP contribution in [-0.2, 0) is 0 Å². The fraction of sp³-hybridized carbons (Fsp3) is 0.250. The third-order valence-corrected chi connectivity index (χ3v) is 1.93. The molecular weight excluding hydrogens is 194 g/mol. The molecule has 1 rings (SSSR count). The van der Waals surface area contributed by atoms with Crippen LogP contribution in [0.4, 0.5) is 0 Å². The van der Waals surface area contributed by atoms with E-state index >= 15 is 0 Å². The number of hydrogen-bond acceptors (Lipinski definition) is 3. The normalized spacial score (nSPS) is 9.77. The van der Waals surface area contributed by atoms with Crippen LogP contribution in [0.5, 0.6) is 5.88 Å². The molecule has 1 aromatic heterocycles. The van der Waals surface area contributed by atoms with E-state index in [1.165, 1.54) is 13.3 Å². The van der Waals surface area contributed by atoms with Crippen LogP contribution in [0.25, 0.3) is 0 Å². The number of carboxylic acid groups (broad SMARTS) is 1. The molecule has 0 spiro atoms. The molecule has 0 aliphatic rings. The average Bonchev–Trinajstić information content (AvgIpc) is 2.04. The molecule has 0 aliphatic heterocycles. The fourth-order valence-corrected chi connectivity index (χ4v) is 1.32. The lowest BCUT2D eigenvalue weighted by atomic mass is 10.1. The maximum Gasteiger partial charge on any atom is 0.337 e. The molecule has 0 atom stereocenters. The van der Waals surface area contributed by atoms with Gasteiger partial charge in [0.1, 0.15) is 5.02 Å². The Labute approximate surface area is 80.1 Å². The number of nitrogens with zero attached hydrogens (tertiary/aromatic N) is 1. The summed E-state index contributed by atoms with van der Waals surface area (Å²) in [5.74, 6) is -0.951. The molecule has 4 nitrogen and oxygen atoms in total. The van der Waals surface area contributed by atoms with Gasteiger partial charge in [0.2, 0.25) is 5.88 Å². The zero-order valence-corrected chi connectivity index (χ0v) is 7.92. The Balaban J connectivity index is 3.38. The molecule has 1 heterocycles. The molecule has 13 heavy (non-hydrogen) atoms. The van der Waals surface area contributed by atoms with Gasteiger partial charge in [-0.25, -0.2) is 9.78 Å². The highest BCUT2D eigenvalue weighted by Gasteiger charge is 2.16. The minimum Gasteiger partial charge on any atom is -0.480 e. The monoisotopic (exact) mass is 201 g/mol. The number of aromatic carboxylic acids is 1. The minimum absolute atomic E-state index is 0.0357. The van der Waals surface area contributed by atoms with Crippen molar-refractivity contribution in [3.05, 3.63) is 22.3 Å². The van der Waals surface area contributed by atoms with Crippen LogP contribution in [-0.4, -0.2) is 23.2 Å². The van der Waals surface area contributed by atoms with Crippen molar-refractivity contribution >= 4 is 17.6 Å². The number of aryl methyl sites for hydroxylation is 1. The van der Waals surface area contributed by atoms with E-state index in [1.807, 2.05) is 0 Å². The van der Waals surface area contributed by atoms with Crippen molar-refractivity contribution in [1.82, 2.24) is 4.98 Å². The molecule has 0 aliphatic carbocycles. The van der Waals surface area contributed by atoms with Crippen LogP contribution < -0.4 is 4.74 Å². The Bertz CT molecular complexity index is 351. The van der Waals surface area contributed by atoms with E-state index in [4.69, 9.17) is 21.4 Å². The molecule has 0 unspecified atom stereocenters. The molecular formula is C8H8ClNO3. The Hall–Kier alpha value is -1.29.